The van der Waals surface area contributed by atoms with E-state index in [2.05, 4.69) is 31.0 Å². The normalized spacial score (nSPS) is 19.1. The van der Waals surface area contributed by atoms with Crippen LogP contribution in [-0.2, 0) is 5.41 Å². The van der Waals surface area contributed by atoms with Gasteiger partial charge in [-0.05, 0) is 65.9 Å². The van der Waals surface area contributed by atoms with E-state index in [1.807, 2.05) is 30.3 Å². The maximum atomic E-state index is 12.3. The third-order valence-corrected chi connectivity index (χ3v) is 6.47. The lowest BCUT2D eigenvalue weighted by molar-refractivity contribution is -0.410. The zero-order valence-electron chi connectivity index (χ0n) is 16.0. The molecule has 1 aromatic heterocycles. The molecule has 148 valence electrons. The van der Waals surface area contributed by atoms with E-state index in [-0.39, 0.29) is 21.1 Å². The van der Waals surface area contributed by atoms with Crippen LogP contribution in [0.5, 0.6) is 0 Å². The molecule has 0 atom stereocenters. The second-order valence-corrected chi connectivity index (χ2v) is 9.73. The van der Waals surface area contributed by atoms with Gasteiger partial charge in [0.2, 0.25) is 5.16 Å². The average molecular weight is 419 g/mol. The molecule has 3 rings (SSSR count). The van der Waals surface area contributed by atoms with Crippen molar-refractivity contribution in [2.45, 2.75) is 50.6 Å². The van der Waals surface area contributed by atoms with Crippen molar-refractivity contribution < 1.29 is 4.92 Å². The molecular weight excluding hydrogens is 396 g/mol. The highest BCUT2D eigenvalue weighted by Crippen LogP contribution is 2.40. The van der Waals surface area contributed by atoms with Crippen LogP contribution in [0.4, 0.5) is 0 Å². The summed E-state index contributed by atoms with van der Waals surface area (Å²) in [5.41, 5.74) is 1.55. The van der Waals surface area contributed by atoms with Gasteiger partial charge in [0.15, 0.2) is 0 Å². The Kier molecular flexibility index (Phi) is 6.14. The lowest BCUT2D eigenvalue weighted by Crippen LogP contribution is -2.16. The van der Waals surface area contributed by atoms with Crippen LogP contribution in [0.1, 0.15) is 45.6 Å². The minimum Gasteiger partial charge on any atom is -0.258 e. The van der Waals surface area contributed by atoms with Gasteiger partial charge in [0.05, 0.1) is 14.8 Å². The summed E-state index contributed by atoms with van der Waals surface area (Å²) in [6.45, 7) is 6.39. The number of nitro groups is 1. The van der Waals surface area contributed by atoms with Crippen molar-refractivity contribution in [1.82, 2.24) is 14.8 Å². The van der Waals surface area contributed by atoms with Crippen LogP contribution < -0.4 is 5.69 Å². The molecule has 0 amide bonds. The van der Waals surface area contributed by atoms with Crippen LogP contribution >= 0.6 is 23.5 Å². The standard InChI is InChI=1S/C19H22N4O3S2/c1-19(2,3)13-9-11-14(12-10-13)22-17(24)20-21-18(22)28-16-8-6-4-5-7-15(27-16)23(25)26/h7-12H,4-6H2,1-3H3,(H,20,24)/b15-7-,16-8-. The van der Waals surface area contributed by atoms with Crippen LogP contribution in [0.3, 0.4) is 0 Å². The predicted octanol–water partition coefficient (Wildman–Crippen LogP) is 4.83. The minimum atomic E-state index is -0.368. The molecule has 0 aliphatic carbocycles. The van der Waals surface area contributed by atoms with Gasteiger partial charge in [-0.2, -0.15) is 0 Å². The fourth-order valence-electron chi connectivity index (χ4n) is 2.70. The monoisotopic (exact) mass is 418 g/mol. The summed E-state index contributed by atoms with van der Waals surface area (Å²) in [6, 6.07) is 7.79. The first-order valence-corrected chi connectivity index (χ1v) is 10.6. The van der Waals surface area contributed by atoms with Gasteiger partial charge in [0, 0.05) is 6.08 Å². The summed E-state index contributed by atoms with van der Waals surface area (Å²) in [6.07, 6.45) is 5.99. The Morgan fingerprint density at radius 3 is 2.54 bits per heavy atom. The van der Waals surface area contributed by atoms with E-state index in [1.165, 1.54) is 21.9 Å². The van der Waals surface area contributed by atoms with Gasteiger partial charge >= 0.3 is 10.7 Å². The number of aromatic nitrogens is 3. The van der Waals surface area contributed by atoms with Crippen molar-refractivity contribution in [3.8, 4) is 5.69 Å². The van der Waals surface area contributed by atoms with E-state index in [9.17, 15) is 14.9 Å². The lowest BCUT2D eigenvalue weighted by Gasteiger charge is -2.19. The highest BCUT2D eigenvalue weighted by atomic mass is 32.2. The number of aromatic amines is 1. The molecule has 1 aromatic carbocycles. The molecule has 1 N–H and O–H groups in total. The SMILES string of the molecule is CC(C)(C)c1ccc(-n2c(S/C3=C\CCC/C=C(/[N+](=O)[O-])S3)n[nH]c2=O)cc1. The van der Waals surface area contributed by atoms with E-state index in [4.69, 9.17) is 0 Å². The number of benzene rings is 1. The van der Waals surface area contributed by atoms with Crippen molar-refractivity contribution in [1.29, 1.82) is 0 Å². The van der Waals surface area contributed by atoms with E-state index in [0.717, 1.165) is 28.8 Å². The number of nitrogens with zero attached hydrogens (tertiary/aromatic N) is 3. The maximum absolute atomic E-state index is 12.3. The Balaban J connectivity index is 1.90. The number of rotatable bonds is 4. The van der Waals surface area contributed by atoms with Gasteiger partial charge in [0.1, 0.15) is 0 Å². The zero-order chi connectivity index (χ0) is 20.3. The number of H-pyrrole nitrogens is 1. The fraction of sp³-hybridized carbons (Fsp3) is 0.368. The topological polar surface area (TPSA) is 93.8 Å². The Labute approximate surface area is 171 Å². The van der Waals surface area contributed by atoms with Crippen LogP contribution in [0, 0.1) is 10.1 Å². The Morgan fingerprint density at radius 1 is 1.21 bits per heavy atom. The lowest BCUT2D eigenvalue weighted by atomic mass is 9.87. The molecule has 2 aromatic rings. The third-order valence-electron chi connectivity index (χ3n) is 4.25. The summed E-state index contributed by atoms with van der Waals surface area (Å²) >= 11 is 2.36. The highest BCUT2D eigenvalue weighted by molar-refractivity contribution is 8.23. The summed E-state index contributed by atoms with van der Waals surface area (Å²) in [5.74, 6) is 0. The third kappa shape index (κ3) is 4.77. The molecule has 2 heterocycles. The molecule has 0 radical (unpaired) electrons. The summed E-state index contributed by atoms with van der Waals surface area (Å²) in [4.78, 5) is 23.2. The van der Waals surface area contributed by atoms with E-state index >= 15 is 0 Å². The largest absolute Gasteiger partial charge is 0.348 e. The quantitative estimate of drug-likeness (QED) is 0.565. The number of hydrogen-bond donors (Lipinski definition) is 1. The first-order valence-electron chi connectivity index (χ1n) is 8.94. The molecule has 0 bridgehead atoms. The maximum Gasteiger partial charge on any atom is 0.348 e. The molecular formula is C19H22N4O3S2. The predicted molar refractivity (Wildman–Crippen MR) is 113 cm³/mol. The zero-order valence-corrected chi connectivity index (χ0v) is 17.6. The van der Waals surface area contributed by atoms with Crippen LogP contribution in [-0.4, -0.2) is 19.7 Å². The Morgan fingerprint density at radius 2 is 1.89 bits per heavy atom. The van der Waals surface area contributed by atoms with Crippen LogP contribution in [0.25, 0.3) is 5.69 Å². The van der Waals surface area contributed by atoms with Crippen molar-refractivity contribution in [2.24, 2.45) is 0 Å². The molecule has 28 heavy (non-hydrogen) atoms. The number of allylic oxidation sites excluding steroid dienone is 2. The average Bonchev–Trinajstić information content (AvgIpc) is 2.96. The van der Waals surface area contributed by atoms with Gasteiger partial charge in [-0.1, -0.05) is 39.0 Å². The molecule has 0 spiro atoms. The van der Waals surface area contributed by atoms with Gasteiger partial charge in [-0.3, -0.25) is 10.1 Å². The van der Waals surface area contributed by atoms with Gasteiger partial charge in [-0.25, -0.2) is 14.5 Å². The van der Waals surface area contributed by atoms with Crippen molar-refractivity contribution >= 4 is 23.5 Å². The molecule has 1 aliphatic heterocycles. The molecule has 0 saturated heterocycles. The second-order valence-electron chi connectivity index (χ2n) is 7.40. The number of nitrogens with one attached hydrogen (secondary N) is 1. The molecule has 0 fully saturated rings. The summed E-state index contributed by atoms with van der Waals surface area (Å²) in [7, 11) is 0. The Hall–Kier alpha value is -2.26. The van der Waals surface area contributed by atoms with Gasteiger partial charge in [0.25, 0.3) is 0 Å². The molecule has 0 saturated carbocycles. The molecule has 1 aliphatic rings. The molecule has 0 unspecified atom stereocenters. The minimum absolute atomic E-state index is 0.0169. The highest BCUT2D eigenvalue weighted by Gasteiger charge is 2.21. The number of hydrogen-bond acceptors (Lipinski definition) is 6. The van der Waals surface area contributed by atoms with E-state index in [1.54, 1.807) is 6.08 Å². The van der Waals surface area contributed by atoms with Gasteiger partial charge in [-0.15, -0.1) is 5.10 Å². The van der Waals surface area contributed by atoms with Gasteiger partial charge < -0.3 is 0 Å². The molecule has 9 heteroatoms. The van der Waals surface area contributed by atoms with E-state index < -0.39 is 0 Å². The number of thioether (sulfide) groups is 2. The van der Waals surface area contributed by atoms with Crippen molar-refractivity contribution in [2.75, 3.05) is 0 Å². The van der Waals surface area contributed by atoms with Crippen LogP contribution in [0.2, 0.25) is 0 Å². The molecule has 7 nitrogen and oxygen atoms in total. The van der Waals surface area contributed by atoms with Crippen molar-refractivity contribution in [3.63, 3.8) is 0 Å². The summed E-state index contributed by atoms with van der Waals surface area (Å²) < 4.78 is 2.24. The summed E-state index contributed by atoms with van der Waals surface area (Å²) in [5, 5.41) is 18.4. The Bertz CT molecular complexity index is 982. The smallest absolute Gasteiger partial charge is 0.258 e. The van der Waals surface area contributed by atoms with Crippen molar-refractivity contribution in [3.05, 3.63) is 71.8 Å². The van der Waals surface area contributed by atoms with E-state index in [0.29, 0.717) is 17.3 Å². The van der Waals surface area contributed by atoms with Crippen LogP contribution in [0.15, 0.2) is 55.6 Å². The first-order chi connectivity index (χ1) is 13.3. The first kappa shape index (κ1) is 20.5. The second kappa shape index (κ2) is 8.40. The fourth-order valence-corrected chi connectivity index (χ4v) is 4.78.